The van der Waals surface area contributed by atoms with Gasteiger partial charge in [0.2, 0.25) is 0 Å². The van der Waals surface area contributed by atoms with Crippen molar-refractivity contribution in [2.24, 2.45) is 0 Å². The molecular weight excluding hydrogens is 283 g/mol. The Hall–Kier alpha value is -2.82. The van der Waals surface area contributed by atoms with Crippen molar-refractivity contribution in [2.45, 2.75) is 0 Å². The van der Waals surface area contributed by atoms with E-state index in [4.69, 9.17) is 9.47 Å². The molecule has 4 nitrogen and oxygen atoms in total. The van der Waals surface area contributed by atoms with Crippen molar-refractivity contribution in [2.75, 3.05) is 14.2 Å². The average Bonchev–Trinajstić information content (AvgIpc) is 3.04. The lowest BCUT2D eigenvalue weighted by molar-refractivity contribution is 0.355. The molecule has 112 valence electrons. The summed E-state index contributed by atoms with van der Waals surface area (Å²) in [7, 11) is 3.18. The van der Waals surface area contributed by atoms with E-state index in [9.17, 15) is 4.39 Å². The van der Waals surface area contributed by atoms with Gasteiger partial charge in [-0.1, -0.05) is 0 Å². The third-order valence-corrected chi connectivity index (χ3v) is 3.39. The molecule has 0 aliphatic rings. The summed E-state index contributed by atoms with van der Waals surface area (Å²) in [5, 5.41) is 4.34. The van der Waals surface area contributed by atoms with Gasteiger partial charge < -0.3 is 9.47 Å². The summed E-state index contributed by atoms with van der Waals surface area (Å²) in [5.41, 5.74) is 2.59. The minimum Gasteiger partial charge on any atom is -0.493 e. The fraction of sp³-hybridized carbons (Fsp3) is 0.118. The second-order valence-corrected chi connectivity index (χ2v) is 4.67. The second-order valence-electron chi connectivity index (χ2n) is 4.67. The molecule has 1 heterocycles. The van der Waals surface area contributed by atoms with Crippen molar-refractivity contribution >= 4 is 0 Å². The van der Waals surface area contributed by atoms with Gasteiger partial charge in [-0.15, -0.1) is 0 Å². The van der Waals surface area contributed by atoms with Gasteiger partial charge in [-0.25, -0.2) is 9.07 Å². The van der Waals surface area contributed by atoms with Gasteiger partial charge in [0.1, 0.15) is 5.82 Å². The van der Waals surface area contributed by atoms with Crippen LogP contribution in [0.4, 0.5) is 4.39 Å². The van der Waals surface area contributed by atoms with Crippen molar-refractivity contribution in [3.05, 3.63) is 60.5 Å². The maximum absolute atomic E-state index is 13.1. The Morgan fingerprint density at radius 3 is 2.32 bits per heavy atom. The largest absolute Gasteiger partial charge is 0.493 e. The van der Waals surface area contributed by atoms with Crippen LogP contribution in [0.5, 0.6) is 11.5 Å². The summed E-state index contributed by atoms with van der Waals surface area (Å²) in [6, 6.07) is 13.8. The fourth-order valence-electron chi connectivity index (χ4n) is 2.30. The standard InChI is InChI=1S/C17H15FN2O2/c1-21-16-8-7-14(11-17(16)22-2)20-15(9-10-19-20)12-3-5-13(18)6-4-12/h3-11H,1-2H3. The highest BCUT2D eigenvalue weighted by atomic mass is 19.1. The highest BCUT2D eigenvalue weighted by Crippen LogP contribution is 2.31. The molecule has 0 saturated carbocycles. The number of aromatic nitrogens is 2. The predicted octanol–water partition coefficient (Wildman–Crippen LogP) is 3.70. The zero-order valence-corrected chi connectivity index (χ0v) is 12.3. The van der Waals surface area contributed by atoms with E-state index in [1.807, 2.05) is 24.3 Å². The SMILES string of the molecule is COc1ccc(-n2nccc2-c2ccc(F)cc2)cc1OC. The van der Waals surface area contributed by atoms with E-state index in [2.05, 4.69) is 5.10 Å². The molecular formula is C17H15FN2O2. The summed E-state index contributed by atoms with van der Waals surface area (Å²) in [6.45, 7) is 0. The van der Waals surface area contributed by atoms with E-state index in [1.54, 1.807) is 37.2 Å². The molecule has 0 aliphatic carbocycles. The summed E-state index contributed by atoms with van der Waals surface area (Å²) >= 11 is 0. The van der Waals surface area contributed by atoms with Crippen molar-refractivity contribution in [3.8, 4) is 28.4 Å². The van der Waals surface area contributed by atoms with Gasteiger partial charge in [0.05, 0.1) is 31.8 Å². The van der Waals surface area contributed by atoms with Crippen molar-refractivity contribution in [3.63, 3.8) is 0 Å². The third kappa shape index (κ3) is 2.53. The molecule has 0 saturated heterocycles. The normalized spacial score (nSPS) is 10.5. The first kappa shape index (κ1) is 14.1. The molecule has 0 unspecified atom stereocenters. The number of methoxy groups -OCH3 is 2. The monoisotopic (exact) mass is 298 g/mol. The molecule has 0 spiro atoms. The van der Waals surface area contributed by atoms with E-state index < -0.39 is 0 Å². The molecule has 5 heteroatoms. The Morgan fingerprint density at radius 2 is 1.64 bits per heavy atom. The van der Waals surface area contributed by atoms with Gasteiger partial charge in [-0.2, -0.15) is 5.10 Å². The van der Waals surface area contributed by atoms with Crippen molar-refractivity contribution in [1.82, 2.24) is 9.78 Å². The molecule has 0 radical (unpaired) electrons. The van der Waals surface area contributed by atoms with E-state index >= 15 is 0 Å². The van der Waals surface area contributed by atoms with Crippen molar-refractivity contribution in [1.29, 1.82) is 0 Å². The minimum atomic E-state index is -0.263. The quantitative estimate of drug-likeness (QED) is 0.737. The third-order valence-electron chi connectivity index (χ3n) is 3.39. The summed E-state index contributed by atoms with van der Waals surface area (Å²) < 4.78 is 25.4. The molecule has 0 atom stereocenters. The zero-order valence-electron chi connectivity index (χ0n) is 12.3. The van der Waals surface area contributed by atoms with Crippen molar-refractivity contribution < 1.29 is 13.9 Å². The second kappa shape index (κ2) is 5.89. The van der Waals surface area contributed by atoms with E-state index in [-0.39, 0.29) is 5.82 Å². The van der Waals surface area contributed by atoms with Crippen LogP contribution in [0.15, 0.2) is 54.7 Å². The molecule has 0 aliphatic heterocycles. The number of ether oxygens (including phenoxy) is 2. The Bertz CT molecular complexity index is 782. The van der Waals surface area contributed by atoms with Crippen LogP contribution in [0.1, 0.15) is 0 Å². The molecule has 3 rings (SSSR count). The number of nitrogens with zero attached hydrogens (tertiary/aromatic N) is 2. The van der Waals surface area contributed by atoms with Gasteiger partial charge in [0.25, 0.3) is 0 Å². The Labute approximate surface area is 127 Å². The first-order chi connectivity index (χ1) is 10.7. The number of benzene rings is 2. The predicted molar refractivity (Wildman–Crippen MR) is 82.1 cm³/mol. The highest BCUT2D eigenvalue weighted by molar-refractivity contribution is 5.62. The van der Waals surface area contributed by atoms with Crippen LogP contribution in [-0.4, -0.2) is 24.0 Å². The lowest BCUT2D eigenvalue weighted by Crippen LogP contribution is -2.00. The van der Waals surface area contributed by atoms with Gasteiger partial charge in [-0.05, 0) is 42.5 Å². The topological polar surface area (TPSA) is 36.3 Å². The van der Waals surface area contributed by atoms with Crippen LogP contribution >= 0.6 is 0 Å². The van der Waals surface area contributed by atoms with Crippen LogP contribution in [0.3, 0.4) is 0 Å². The van der Waals surface area contributed by atoms with Gasteiger partial charge in [-0.3, -0.25) is 0 Å². The summed E-state index contributed by atoms with van der Waals surface area (Å²) in [6.07, 6.45) is 1.70. The molecule has 0 fully saturated rings. The van der Waals surface area contributed by atoms with Crippen LogP contribution in [0.2, 0.25) is 0 Å². The lowest BCUT2D eigenvalue weighted by Gasteiger charge is -2.12. The number of rotatable bonds is 4. The Morgan fingerprint density at radius 1 is 0.909 bits per heavy atom. The molecule has 2 aromatic carbocycles. The smallest absolute Gasteiger partial charge is 0.162 e. The zero-order chi connectivity index (χ0) is 15.5. The van der Waals surface area contributed by atoms with E-state index in [0.29, 0.717) is 11.5 Å². The van der Waals surface area contributed by atoms with Gasteiger partial charge >= 0.3 is 0 Å². The first-order valence-electron chi connectivity index (χ1n) is 6.75. The van der Waals surface area contributed by atoms with E-state index in [1.165, 1.54) is 12.1 Å². The maximum atomic E-state index is 13.1. The average molecular weight is 298 g/mol. The lowest BCUT2D eigenvalue weighted by atomic mass is 10.1. The van der Waals surface area contributed by atoms with Gasteiger partial charge in [0.15, 0.2) is 11.5 Å². The molecule has 0 bridgehead atoms. The highest BCUT2D eigenvalue weighted by Gasteiger charge is 2.11. The maximum Gasteiger partial charge on any atom is 0.162 e. The van der Waals surface area contributed by atoms with E-state index in [0.717, 1.165) is 16.9 Å². The van der Waals surface area contributed by atoms with Crippen LogP contribution < -0.4 is 9.47 Å². The van der Waals surface area contributed by atoms with Crippen LogP contribution in [0.25, 0.3) is 16.9 Å². The molecule has 3 aromatic rings. The Balaban J connectivity index is 2.07. The number of hydrogen-bond donors (Lipinski definition) is 0. The van der Waals surface area contributed by atoms with Gasteiger partial charge in [0, 0.05) is 11.6 Å². The summed E-state index contributed by atoms with van der Waals surface area (Å²) in [5.74, 6) is 1.02. The fourth-order valence-corrected chi connectivity index (χ4v) is 2.30. The van der Waals surface area contributed by atoms with Crippen LogP contribution in [-0.2, 0) is 0 Å². The number of hydrogen-bond acceptors (Lipinski definition) is 3. The Kier molecular flexibility index (Phi) is 3.78. The molecule has 0 N–H and O–H groups in total. The first-order valence-corrected chi connectivity index (χ1v) is 6.75. The molecule has 0 amide bonds. The molecule has 1 aromatic heterocycles. The minimum absolute atomic E-state index is 0.263. The summed E-state index contributed by atoms with van der Waals surface area (Å²) in [4.78, 5) is 0. The molecule has 22 heavy (non-hydrogen) atoms. The number of halogens is 1. The van der Waals surface area contributed by atoms with Crippen LogP contribution in [0, 0.1) is 5.82 Å².